The lowest BCUT2D eigenvalue weighted by Crippen LogP contribution is -2.41. The van der Waals surface area contributed by atoms with Crippen LogP contribution in [0.3, 0.4) is 0 Å². The summed E-state index contributed by atoms with van der Waals surface area (Å²) in [5.41, 5.74) is 5.16. The Bertz CT molecular complexity index is 1610. The zero-order valence-corrected chi connectivity index (χ0v) is 23.2. The van der Waals surface area contributed by atoms with Crippen molar-refractivity contribution in [2.45, 2.75) is 46.7 Å². The molecule has 0 saturated heterocycles. The van der Waals surface area contributed by atoms with Gasteiger partial charge in [0, 0.05) is 19.5 Å². The first-order valence-corrected chi connectivity index (χ1v) is 13.0. The molecule has 8 nitrogen and oxygen atoms in total. The molecule has 1 N–H and O–H groups in total. The number of nitrogens with zero attached hydrogens (tertiary/aromatic N) is 2. The van der Waals surface area contributed by atoms with Crippen molar-refractivity contribution in [1.29, 1.82) is 0 Å². The number of carbonyl (C=O) groups is 1. The normalized spacial score (nSPS) is 11.0. The van der Waals surface area contributed by atoms with Gasteiger partial charge in [-0.2, -0.15) is 0 Å². The maximum absolute atomic E-state index is 13.6. The van der Waals surface area contributed by atoms with Gasteiger partial charge in [0.1, 0.15) is 0 Å². The van der Waals surface area contributed by atoms with E-state index in [1.54, 1.807) is 37.0 Å². The van der Waals surface area contributed by atoms with Gasteiger partial charge in [-0.05, 0) is 73.7 Å². The minimum atomic E-state index is -0.420. The number of nitrogens with one attached hydrogen (secondary N) is 1. The van der Waals surface area contributed by atoms with Gasteiger partial charge in [-0.25, -0.2) is 4.79 Å². The highest BCUT2D eigenvalue weighted by Gasteiger charge is 2.16. The molecule has 1 amide bonds. The minimum Gasteiger partial charge on any atom is -0.493 e. The van der Waals surface area contributed by atoms with Crippen molar-refractivity contribution in [2.75, 3.05) is 20.8 Å². The molecule has 0 atom stereocenters. The molecule has 39 heavy (non-hydrogen) atoms. The van der Waals surface area contributed by atoms with Gasteiger partial charge in [0.25, 0.3) is 5.56 Å². The largest absolute Gasteiger partial charge is 0.493 e. The molecule has 3 aromatic carbocycles. The summed E-state index contributed by atoms with van der Waals surface area (Å²) in [7, 11) is 3.16. The van der Waals surface area contributed by atoms with Crippen LogP contribution in [0.25, 0.3) is 10.9 Å². The molecule has 8 heteroatoms. The van der Waals surface area contributed by atoms with Crippen LogP contribution in [0, 0.1) is 20.8 Å². The number of methoxy groups -OCH3 is 2. The summed E-state index contributed by atoms with van der Waals surface area (Å²) in [6.07, 6.45) is 0.617. The van der Waals surface area contributed by atoms with Crippen molar-refractivity contribution in [1.82, 2.24) is 14.5 Å². The van der Waals surface area contributed by atoms with E-state index in [0.717, 1.165) is 27.8 Å². The van der Waals surface area contributed by atoms with E-state index in [1.807, 2.05) is 45.0 Å². The Balaban J connectivity index is 1.51. The number of hydrogen-bond donors (Lipinski definition) is 1. The predicted octanol–water partition coefficient (Wildman–Crippen LogP) is 3.90. The lowest BCUT2D eigenvalue weighted by atomic mass is 9.99. The van der Waals surface area contributed by atoms with E-state index in [0.29, 0.717) is 41.9 Å². The predicted molar refractivity (Wildman–Crippen MR) is 153 cm³/mol. The molecule has 1 heterocycles. The third-order valence-corrected chi connectivity index (χ3v) is 7.04. The Morgan fingerprint density at radius 3 is 2.26 bits per heavy atom. The quantitative estimate of drug-likeness (QED) is 0.337. The van der Waals surface area contributed by atoms with Crippen LogP contribution in [0.2, 0.25) is 0 Å². The Labute approximate surface area is 227 Å². The number of hydrogen-bond acceptors (Lipinski definition) is 5. The highest BCUT2D eigenvalue weighted by atomic mass is 16.5. The van der Waals surface area contributed by atoms with E-state index >= 15 is 0 Å². The number of fused-ring (bicyclic) bond motifs is 1. The summed E-state index contributed by atoms with van der Waals surface area (Å²) in [6.45, 7) is 6.86. The molecule has 0 radical (unpaired) electrons. The van der Waals surface area contributed by atoms with Crippen LogP contribution in [0.5, 0.6) is 11.5 Å². The maximum Gasteiger partial charge on any atom is 0.331 e. The maximum atomic E-state index is 13.6. The van der Waals surface area contributed by atoms with E-state index in [1.165, 1.54) is 4.57 Å². The number of aryl methyl sites for hydroxylation is 3. The Kier molecular flexibility index (Phi) is 8.54. The molecule has 0 saturated carbocycles. The fourth-order valence-corrected chi connectivity index (χ4v) is 5.02. The molecule has 0 fully saturated rings. The van der Waals surface area contributed by atoms with Crippen LogP contribution in [0.4, 0.5) is 0 Å². The Hall–Kier alpha value is -4.33. The smallest absolute Gasteiger partial charge is 0.331 e. The fourth-order valence-electron chi connectivity index (χ4n) is 5.02. The van der Waals surface area contributed by atoms with Gasteiger partial charge in [-0.15, -0.1) is 0 Å². The molecule has 0 unspecified atom stereocenters. The van der Waals surface area contributed by atoms with Crippen LogP contribution < -0.4 is 26.0 Å². The molecule has 1 aromatic heterocycles. The molecule has 0 aliphatic heterocycles. The third-order valence-electron chi connectivity index (χ3n) is 7.04. The zero-order valence-electron chi connectivity index (χ0n) is 23.2. The summed E-state index contributed by atoms with van der Waals surface area (Å²) >= 11 is 0. The van der Waals surface area contributed by atoms with Crippen molar-refractivity contribution >= 4 is 16.8 Å². The number of aromatic nitrogens is 2. The zero-order chi connectivity index (χ0) is 28.1. The van der Waals surface area contributed by atoms with Crippen LogP contribution in [0.15, 0.2) is 64.2 Å². The van der Waals surface area contributed by atoms with Crippen LogP contribution in [0.1, 0.15) is 34.2 Å². The number of para-hydroxylation sites is 1. The molecule has 4 rings (SSSR count). The van der Waals surface area contributed by atoms with Crippen molar-refractivity contribution < 1.29 is 14.3 Å². The van der Waals surface area contributed by atoms with E-state index in [2.05, 4.69) is 17.4 Å². The number of ether oxygens (including phenoxy) is 2. The SMILES string of the molecule is COc1ccc(CCNC(=O)CCn2c(=O)c3ccccc3n(Cc3c(C)cc(C)cc3C)c2=O)cc1OC. The summed E-state index contributed by atoms with van der Waals surface area (Å²) in [5, 5.41) is 3.34. The first kappa shape index (κ1) is 27.7. The standard InChI is InChI=1S/C31H35N3O5/c1-20-16-21(2)25(22(3)17-20)19-34-26-9-7-6-8-24(26)30(36)33(31(34)37)15-13-29(35)32-14-12-23-10-11-27(38-4)28(18-23)39-5/h6-11,16-18H,12-15,19H2,1-5H3,(H,32,35). The number of benzene rings is 3. The lowest BCUT2D eigenvalue weighted by molar-refractivity contribution is -0.121. The Morgan fingerprint density at radius 1 is 0.872 bits per heavy atom. The van der Waals surface area contributed by atoms with Crippen molar-refractivity contribution in [2.24, 2.45) is 0 Å². The van der Waals surface area contributed by atoms with Crippen LogP contribution in [-0.2, 0) is 24.3 Å². The Morgan fingerprint density at radius 2 is 1.56 bits per heavy atom. The molecule has 0 aliphatic carbocycles. The molecule has 0 aliphatic rings. The molecular weight excluding hydrogens is 494 g/mol. The summed E-state index contributed by atoms with van der Waals surface area (Å²) in [6, 6.07) is 16.9. The van der Waals surface area contributed by atoms with Gasteiger partial charge in [-0.1, -0.05) is 35.9 Å². The van der Waals surface area contributed by atoms with Gasteiger partial charge in [0.05, 0.1) is 31.7 Å². The molecule has 0 spiro atoms. The highest BCUT2D eigenvalue weighted by molar-refractivity contribution is 5.78. The highest BCUT2D eigenvalue weighted by Crippen LogP contribution is 2.27. The molecule has 0 bridgehead atoms. The van der Waals surface area contributed by atoms with Gasteiger partial charge in [0.2, 0.25) is 5.91 Å². The number of amides is 1. The average Bonchev–Trinajstić information content (AvgIpc) is 2.92. The minimum absolute atomic E-state index is 0.00342. The van der Waals surface area contributed by atoms with Crippen molar-refractivity contribution in [3.8, 4) is 11.5 Å². The fraction of sp³-hybridized carbons (Fsp3) is 0.323. The van der Waals surface area contributed by atoms with Gasteiger partial charge in [-0.3, -0.25) is 18.7 Å². The first-order chi connectivity index (χ1) is 18.7. The monoisotopic (exact) mass is 529 g/mol. The van der Waals surface area contributed by atoms with E-state index < -0.39 is 5.69 Å². The first-order valence-electron chi connectivity index (χ1n) is 13.0. The van der Waals surface area contributed by atoms with Gasteiger partial charge < -0.3 is 14.8 Å². The number of rotatable bonds is 10. The number of carbonyl (C=O) groups excluding carboxylic acids is 1. The van der Waals surface area contributed by atoms with Crippen LogP contribution in [-0.4, -0.2) is 35.8 Å². The second kappa shape index (κ2) is 12.0. The summed E-state index contributed by atoms with van der Waals surface area (Å²) < 4.78 is 13.4. The van der Waals surface area contributed by atoms with Gasteiger partial charge in [0.15, 0.2) is 11.5 Å². The average molecular weight is 530 g/mol. The van der Waals surface area contributed by atoms with E-state index in [4.69, 9.17) is 9.47 Å². The third kappa shape index (κ3) is 6.06. The second-order valence-electron chi connectivity index (χ2n) is 9.76. The van der Waals surface area contributed by atoms with Crippen molar-refractivity contribution in [3.63, 3.8) is 0 Å². The topological polar surface area (TPSA) is 91.6 Å². The molecule has 4 aromatic rings. The van der Waals surface area contributed by atoms with Crippen molar-refractivity contribution in [3.05, 3.63) is 103 Å². The summed E-state index contributed by atoms with van der Waals surface area (Å²) in [5.74, 6) is 1.04. The lowest BCUT2D eigenvalue weighted by Gasteiger charge is -2.17. The molecule has 204 valence electrons. The van der Waals surface area contributed by atoms with Gasteiger partial charge >= 0.3 is 5.69 Å². The molecular formula is C31H35N3O5. The van der Waals surface area contributed by atoms with E-state index in [-0.39, 0.29) is 24.4 Å². The summed E-state index contributed by atoms with van der Waals surface area (Å²) in [4.78, 5) is 39.5. The second-order valence-corrected chi connectivity index (χ2v) is 9.76. The van der Waals surface area contributed by atoms with E-state index in [9.17, 15) is 14.4 Å². The van der Waals surface area contributed by atoms with Crippen LogP contribution >= 0.6 is 0 Å².